The molecule has 0 amide bonds. The van der Waals surface area contributed by atoms with Crippen LogP contribution in [0.4, 0.5) is 0 Å². The van der Waals surface area contributed by atoms with Gasteiger partial charge in [-0.25, -0.2) is 4.98 Å². The first-order valence-electron chi connectivity index (χ1n) is 6.68. The summed E-state index contributed by atoms with van der Waals surface area (Å²) in [4.78, 5) is 4.42. The van der Waals surface area contributed by atoms with E-state index >= 15 is 0 Å². The molecule has 102 valence electrons. The van der Waals surface area contributed by atoms with Gasteiger partial charge < -0.3 is 10.3 Å². The lowest BCUT2D eigenvalue weighted by Gasteiger charge is -2.12. The summed E-state index contributed by atoms with van der Waals surface area (Å²) in [5.74, 6) is 1.10. The Morgan fingerprint density at radius 2 is 2.21 bits per heavy atom. The van der Waals surface area contributed by atoms with Crippen molar-refractivity contribution in [1.29, 1.82) is 0 Å². The zero-order chi connectivity index (χ0) is 13.8. The lowest BCUT2D eigenvalue weighted by atomic mass is 10.1. The van der Waals surface area contributed by atoms with Crippen LogP contribution >= 0.6 is 15.9 Å². The summed E-state index contributed by atoms with van der Waals surface area (Å²) in [5.41, 5.74) is 8.23. The van der Waals surface area contributed by atoms with E-state index in [1.807, 2.05) is 19.3 Å². The van der Waals surface area contributed by atoms with Crippen molar-refractivity contribution >= 4 is 15.9 Å². The minimum Gasteiger partial charge on any atom is -0.328 e. The van der Waals surface area contributed by atoms with E-state index in [1.54, 1.807) is 0 Å². The normalized spacial score (nSPS) is 12.6. The van der Waals surface area contributed by atoms with Crippen LogP contribution in [0.1, 0.15) is 31.7 Å². The van der Waals surface area contributed by atoms with Crippen LogP contribution in [0.25, 0.3) is 5.69 Å². The molecule has 2 N–H and O–H groups in total. The van der Waals surface area contributed by atoms with Crippen LogP contribution in [0, 0.1) is 0 Å². The van der Waals surface area contributed by atoms with Gasteiger partial charge in [-0.05, 0) is 53.4 Å². The zero-order valence-corrected chi connectivity index (χ0v) is 13.0. The second-order valence-electron chi connectivity index (χ2n) is 4.93. The number of hydrogen-bond acceptors (Lipinski definition) is 2. The maximum absolute atomic E-state index is 5.84. The van der Waals surface area contributed by atoms with Crippen LogP contribution < -0.4 is 5.73 Å². The Kier molecular flexibility index (Phi) is 4.77. The number of hydrogen-bond donors (Lipinski definition) is 1. The number of benzene rings is 1. The van der Waals surface area contributed by atoms with Crippen molar-refractivity contribution in [3.8, 4) is 5.69 Å². The van der Waals surface area contributed by atoms with Crippen LogP contribution in [0.15, 0.2) is 35.1 Å². The molecule has 0 bridgehead atoms. The third kappa shape index (κ3) is 3.45. The van der Waals surface area contributed by atoms with Crippen molar-refractivity contribution in [2.45, 2.75) is 39.2 Å². The highest BCUT2D eigenvalue weighted by Crippen LogP contribution is 2.24. The Morgan fingerprint density at radius 3 is 2.84 bits per heavy atom. The van der Waals surface area contributed by atoms with Crippen LogP contribution in [0.2, 0.25) is 0 Å². The maximum atomic E-state index is 5.84. The van der Waals surface area contributed by atoms with E-state index in [9.17, 15) is 0 Å². The van der Waals surface area contributed by atoms with Gasteiger partial charge in [-0.1, -0.05) is 13.0 Å². The van der Waals surface area contributed by atoms with Crippen molar-refractivity contribution in [1.82, 2.24) is 9.55 Å². The Morgan fingerprint density at radius 1 is 1.42 bits per heavy atom. The summed E-state index contributed by atoms with van der Waals surface area (Å²) in [7, 11) is 0. The van der Waals surface area contributed by atoms with E-state index in [0.29, 0.717) is 0 Å². The van der Waals surface area contributed by atoms with Gasteiger partial charge in [0, 0.05) is 29.3 Å². The first-order valence-corrected chi connectivity index (χ1v) is 7.47. The third-order valence-electron chi connectivity index (χ3n) is 3.02. The summed E-state index contributed by atoms with van der Waals surface area (Å²) in [6, 6.07) is 6.60. The van der Waals surface area contributed by atoms with Crippen molar-refractivity contribution in [2.75, 3.05) is 0 Å². The fourth-order valence-electron chi connectivity index (χ4n) is 2.21. The highest BCUT2D eigenvalue weighted by atomic mass is 79.9. The Balaban J connectivity index is 2.32. The van der Waals surface area contributed by atoms with E-state index in [2.05, 4.69) is 50.6 Å². The number of imidazole rings is 1. The molecule has 1 aromatic carbocycles. The molecule has 0 spiro atoms. The van der Waals surface area contributed by atoms with Crippen LogP contribution in [-0.2, 0) is 12.8 Å². The van der Waals surface area contributed by atoms with Gasteiger partial charge in [0.25, 0.3) is 0 Å². The first kappa shape index (κ1) is 14.3. The molecule has 1 aromatic heterocycles. The highest BCUT2D eigenvalue weighted by Gasteiger charge is 2.09. The predicted octanol–water partition coefficient (Wildman–Crippen LogP) is 3.48. The van der Waals surface area contributed by atoms with E-state index in [1.165, 1.54) is 5.56 Å². The number of halogens is 1. The molecular weight excluding hydrogens is 302 g/mol. The smallest absolute Gasteiger partial charge is 0.113 e. The molecule has 0 aliphatic rings. The van der Waals surface area contributed by atoms with Gasteiger partial charge in [-0.15, -0.1) is 0 Å². The quantitative estimate of drug-likeness (QED) is 0.916. The molecule has 0 saturated carbocycles. The maximum Gasteiger partial charge on any atom is 0.113 e. The molecule has 0 aliphatic carbocycles. The van der Waals surface area contributed by atoms with Gasteiger partial charge in [-0.3, -0.25) is 0 Å². The molecule has 0 fully saturated rings. The number of nitrogens with zero attached hydrogens (tertiary/aromatic N) is 2. The lowest BCUT2D eigenvalue weighted by molar-refractivity contribution is 0.737. The molecule has 1 heterocycles. The highest BCUT2D eigenvalue weighted by molar-refractivity contribution is 9.10. The van der Waals surface area contributed by atoms with Crippen molar-refractivity contribution in [2.24, 2.45) is 5.73 Å². The van der Waals surface area contributed by atoms with Crippen LogP contribution in [-0.4, -0.2) is 15.6 Å². The van der Waals surface area contributed by atoms with Gasteiger partial charge in [0.05, 0.1) is 5.69 Å². The average Bonchev–Trinajstić information content (AvgIpc) is 2.77. The second-order valence-corrected chi connectivity index (χ2v) is 5.78. The Hall–Kier alpha value is -1.13. The number of rotatable bonds is 5. The topological polar surface area (TPSA) is 43.8 Å². The van der Waals surface area contributed by atoms with E-state index in [-0.39, 0.29) is 6.04 Å². The van der Waals surface area contributed by atoms with Gasteiger partial charge in [0.1, 0.15) is 5.82 Å². The minimum atomic E-state index is 0.182. The largest absolute Gasteiger partial charge is 0.328 e. The van der Waals surface area contributed by atoms with Gasteiger partial charge in [-0.2, -0.15) is 0 Å². The molecule has 0 saturated heterocycles. The fraction of sp³-hybridized carbons (Fsp3) is 0.400. The fourth-order valence-corrected chi connectivity index (χ4v) is 2.82. The zero-order valence-electron chi connectivity index (χ0n) is 11.4. The number of nitrogens with two attached hydrogens (primary N) is 1. The van der Waals surface area contributed by atoms with Gasteiger partial charge in [0.15, 0.2) is 0 Å². The molecule has 2 aromatic rings. The Labute approximate surface area is 123 Å². The summed E-state index contributed by atoms with van der Waals surface area (Å²) < 4.78 is 3.23. The van der Waals surface area contributed by atoms with Crippen molar-refractivity contribution in [3.05, 3.63) is 46.5 Å². The SMILES string of the molecule is CCCc1nccn1-c1ccc(CC(C)N)cc1Br. The molecule has 4 heteroatoms. The number of aromatic nitrogens is 2. The molecule has 3 nitrogen and oxygen atoms in total. The standard InChI is InChI=1S/C15H20BrN3/c1-3-4-15-18-7-8-19(15)14-6-5-12(9-11(2)17)10-13(14)16/h5-8,10-11H,3-4,9,17H2,1-2H3. The summed E-state index contributed by atoms with van der Waals surface area (Å²) in [6.45, 7) is 4.19. The third-order valence-corrected chi connectivity index (χ3v) is 3.66. The molecule has 0 aliphatic heterocycles. The molecule has 1 atom stereocenters. The van der Waals surface area contributed by atoms with Gasteiger partial charge >= 0.3 is 0 Å². The van der Waals surface area contributed by atoms with Gasteiger partial charge in [0.2, 0.25) is 0 Å². The van der Waals surface area contributed by atoms with E-state index in [4.69, 9.17) is 5.73 Å². The van der Waals surface area contributed by atoms with Crippen molar-refractivity contribution in [3.63, 3.8) is 0 Å². The van der Waals surface area contributed by atoms with Crippen molar-refractivity contribution < 1.29 is 0 Å². The molecule has 0 radical (unpaired) electrons. The molecular formula is C15H20BrN3. The molecule has 19 heavy (non-hydrogen) atoms. The summed E-state index contributed by atoms with van der Waals surface area (Å²) in [6.07, 6.45) is 6.84. The van der Waals surface area contributed by atoms with E-state index in [0.717, 1.165) is 35.2 Å². The second kappa shape index (κ2) is 6.35. The average molecular weight is 322 g/mol. The minimum absolute atomic E-state index is 0.182. The van der Waals surface area contributed by atoms with Crippen LogP contribution in [0.5, 0.6) is 0 Å². The Bertz CT molecular complexity index is 546. The monoisotopic (exact) mass is 321 g/mol. The summed E-state index contributed by atoms with van der Waals surface area (Å²) >= 11 is 3.65. The van der Waals surface area contributed by atoms with E-state index < -0.39 is 0 Å². The molecule has 1 unspecified atom stereocenters. The molecule has 2 rings (SSSR count). The lowest BCUT2D eigenvalue weighted by Crippen LogP contribution is -2.17. The van der Waals surface area contributed by atoms with Crippen LogP contribution in [0.3, 0.4) is 0 Å². The number of aryl methyl sites for hydroxylation is 1. The summed E-state index contributed by atoms with van der Waals surface area (Å²) in [5, 5.41) is 0. The predicted molar refractivity (Wildman–Crippen MR) is 82.6 cm³/mol. The first-order chi connectivity index (χ1) is 9.11.